The van der Waals surface area contributed by atoms with Crippen LogP contribution in [0.15, 0.2) is 4.99 Å². The van der Waals surface area contributed by atoms with Gasteiger partial charge in [0.1, 0.15) is 0 Å². The van der Waals surface area contributed by atoms with Gasteiger partial charge in [-0.1, -0.05) is 0 Å². The first-order chi connectivity index (χ1) is 10.7. The van der Waals surface area contributed by atoms with Gasteiger partial charge in [0, 0.05) is 38.9 Å². The summed E-state index contributed by atoms with van der Waals surface area (Å²) in [6, 6.07) is 0. The van der Waals surface area contributed by atoms with Crippen molar-refractivity contribution >= 4 is 40.0 Å². The molecule has 1 rings (SSSR count). The summed E-state index contributed by atoms with van der Waals surface area (Å²) in [7, 11) is -1.57. The number of nitrogens with one attached hydrogen (secondary N) is 3. The summed E-state index contributed by atoms with van der Waals surface area (Å²) in [5.74, 6) is 0.637. The molecule has 0 aromatic heterocycles. The van der Waals surface area contributed by atoms with Gasteiger partial charge in [0.2, 0.25) is 10.0 Å². The summed E-state index contributed by atoms with van der Waals surface area (Å²) < 4.78 is 36.1. The minimum atomic E-state index is -3.25. The quantitative estimate of drug-likeness (QED) is 0.191. The average molecular weight is 478 g/mol. The van der Waals surface area contributed by atoms with E-state index >= 15 is 0 Å². The Hall–Kier alpha value is -0.170. The fourth-order valence-electron chi connectivity index (χ4n) is 2.24. The fraction of sp³-hybridized carbons (Fsp3) is 0.929. The van der Waals surface area contributed by atoms with Gasteiger partial charge in [-0.2, -0.15) is 0 Å². The Balaban J connectivity index is 0.00000529. The van der Waals surface area contributed by atoms with Gasteiger partial charge in [0.25, 0.3) is 0 Å². The fourth-order valence-corrected chi connectivity index (χ4v) is 3.31. The number of nitrogens with zero attached hydrogens (tertiary/aromatic N) is 1. The van der Waals surface area contributed by atoms with E-state index in [1.807, 2.05) is 13.8 Å². The molecule has 0 aromatic carbocycles. The van der Waals surface area contributed by atoms with Crippen molar-refractivity contribution in [3.05, 3.63) is 0 Å². The molecule has 1 aliphatic rings. The molecule has 0 aliphatic carbocycles. The van der Waals surface area contributed by atoms with Crippen molar-refractivity contribution in [3.8, 4) is 0 Å². The summed E-state index contributed by atoms with van der Waals surface area (Å²) in [5.41, 5.74) is -0.600. The smallest absolute Gasteiger partial charge is 0.209 e. The van der Waals surface area contributed by atoms with Crippen LogP contribution in [0.1, 0.15) is 26.7 Å². The molecule has 0 aromatic rings. The molecular weight excluding hydrogens is 447 g/mol. The van der Waals surface area contributed by atoms with Gasteiger partial charge in [-0.3, -0.25) is 4.99 Å². The van der Waals surface area contributed by atoms with Crippen LogP contribution >= 0.6 is 24.0 Å². The van der Waals surface area contributed by atoms with Gasteiger partial charge in [0.15, 0.2) is 5.96 Å². The lowest BCUT2D eigenvalue weighted by Gasteiger charge is -2.26. The van der Waals surface area contributed by atoms with Crippen LogP contribution in [0.25, 0.3) is 0 Å². The van der Waals surface area contributed by atoms with Crippen molar-refractivity contribution in [1.82, 2.24) is 15.4 Å². The molecular formula is C14H31IN4O4S. The van der Waals surface area contributed by atoms with Crippen molar-refractivity contribution in [2.24, 2.45) is 4.99 Å². The molecule has 0 spiro atoms. The van der Waals surface area contributed by atoms with Gasteiger partial charge in [-0.05, 0) is 26.7 Å². The van der Waals surface area contributed by atoms with Crippen molar-refractivity contribution in [1.29, 1.82) is 0 Å². The Morgan fingerprint density at radius 1 is 1.38 bits per heavy atom. The number of aliphatic imine (C=N–C) groups is 1. The van der Waals surface area contributed by atoms with Crippen LogP contribution in [-0.2, 0) is 19.5 Å². The Bertz CT molecular complexity index is 479. The third-order valence-electron chi connectivity index (χ3n) is 3.24. The topological polar surface area (TPSA) is 101 Å². The molecule has 10 heteroatoms. The predicted octanol–water partition coefficient (Wildman–Crippen LogP) is 0.293. The second kappa shape index (κ2) is 11.4. The van der Waals surface area contributed by atoms with E-state index in [1.54, 1.807) is 7.05 Å². The highest BCUT2D eigenvalue weighted by atomic mass is 127. The molecule has 0 amide bonds. The van der Waals surface area contributed by atoms with Gasteiger partial charge in [0.05, 0.1) is 19.0 Å². The second-order valence-electron chi connectivity index (χ2n) is 6.32. The third kappa shape index (κ3) is 11.4. The molecule has 1 atom stereocenters. The predicted molar refractivity (Wildman–Crippen MR) is 107 cm³/mol. The van der Waals surface area contributed by atoms with Crippen molar-refractivity contribution in [2.75, 3.05) is 46.2 Å². The maximum absolute atomic E-state index is 11.3. The van der Waals surface area contributed by atoms with Crippen LogP contribution in [0.4, 0.5) is 0 Å². The van der Waals surface area contributed by atoms with E-state index in [0.717, 1.165) is 32.2 Å². The number of hydrogen-bond donors (Lipinski definition) is 3. The first kappa shape index (κ1) is 23.8. The summed E-state index contributed by atoms with van der Waals surface area (Å²) in [5, 5.41) is 6.30. The monoisotopic (exact) mass is 478 g/mol. The van der Waals surface area contributed by atoms with E-state index in [2.05, 4.69) is 20.3 Å². The highest BCUT2D eigenvalue weighted by molar-refractivity contribution is 14.0. The zero-order chi connectivity index (χ0) is 17.3. The molecule has 8 nitrogen and oxygen atoms in total. The third-order valence-corrected chi connectivity index (χ3v) is 4.16. The van der Waals surface area contributed by atoms with Crippen LogP contribution in [-0.4, -0.2) is 72.2 Å². The minimum Gasteiger partial charge on any atom is -0.379 e. The standard InChI is InChI=1S/C14H30N4O4S.HI/c1-14(2,18-23(4,19)20)11-17-13(15-3)16-7-5-8-22-12-6-9-21-10-12;/h12,18H,5-11H2,1-4H3,(H2,15,16,17);1H. The zero-order valence-corrected chi connectivity index (χ0v) is 18.1. The van der Waals surface area contributed by atoms with Crippen LogP contribution in [0, 0.1) is 0 Å². The van der Waals surface area contributed by atoms with E-state index in [9.17, 15) is 8.42 Å². The maximum Gasteiger partial charge on any atom is 0.209 e. The van der Waals surface area contributed by atoms with Crippen molar-refractivity contribution in [2.45, 2.75) is 38.3 Å². The SMILES string of the molecule is CN=C(NCCCOC1CCOC1)NCC(C)(C)NS(C)(=O)=O.I. The Kier molecular flexibility index (Phi) is 11.4. The number of hydrogen-bond acceptors (Lipinski definition) is 5. The lowest BCUT2D eigenvalue weighted by molar-refractivity contribution is 0.0420. The molecule has 3 N–H and O–H groups in total. The van der Waals surface area contributed by atoms with E-state index < -0.39 is 15.6 Å². The van der Waals surface area contributed by atoms with Gasteiger partial charge in [-0.25, -0.2) is 13.1 Å². The number of sulfonamides is 1. The van der Waals surface area contributed by atoms with Crippen LogP contribution in [0.5, 0.6) is 0 Å². The average Bonchev–Trinajstić information content (AvgIpc) is 2.92. The first-order valence-corrected chi connectivity index (χ1v) is 9.74. The molecule has 1 aliphatic heterocycles. The largest absolute Gasteiger partial charge is 0.379 e. The number of guanidine groups is 1. The summed E-state index contributed by atoms with van der Waals surface area (Å²) in [6.07, 6.45) is 3.22. The van der Waals surface area contributed by atoms with E-state index in [-0.39, 0.29) is 30.1 Å². The number of ether oxygens (including phenoxy) is 2. The van der Waals surface area contributed by atoms with Gasteiger partial charge in [-0.15, -0.1) is 24.0 Å². The molecule has 0 radical (unpaired) electrons. The highest BCUT2D eigenvalue weighted by Gasteiger charge is 2.22. The normalized spacial score (nSPS) is 19.0. The summed E-state index contributed by atoms with van der Waals surface area (Å²) in [6.45, 7) is 6.94. The molecule has 0 saturated carbocycles. The molecule has 24 heavy (non-hydrogen) atoms. The second-order valence-corrected chi connectivity index (χ2v) is 8.07. The lowest BCUT2D eigenvalue weighted by atomic mass is 10.1. The van der Waals surface area contributed by atoms with Crippen LogP contribution in [0.3, 0.4) is 0 Å². The van der Waals surface area contributed by atoms with Gasteiger partial charge < -0.3 is 20.1 Å². The number of halogens is 1. The molecule has 1 heterocycles. The Morgan fingerprint density at radius 2 is 2.08 bits per heavy atom. The van der Waals surface area contributed by atoms with E-state index in [4.69, 9.17) is 9.47 Å². The van der Waals surface area contributed by atoms with Crippen molar-refractivity contribution in [3.63, 3.8) is 0 Å². The molecule has 1 unspecified atom stereocenters. The molecule has 144 valence electrons. The Morgan fingerprint density at radius 3 is 2.62 bits per heavy atom. The van der Waals surface area contributed by atoms with Crippen LogP contribution < -0.4 is 15.4 Å². The lowest BCUT2D eigenvalue weighted by Crippen LogP contribution is -2.53. The Labute approximate surface area is 162 Å². The van der Waals surface area contributed by atoms with Gasteiger partial charge >= 0.3 is 0 Å². The highest BCUT2D eigenvalue weighted by Crippen LogP contribution is 2.07. The summed E-state index contributed by atoms with van der Waals surface area (Å²) in [4.78, 5) is 4.12. The molecule has 1 fully saturated rings. The first-order valence-electron chi connectivity index (χ1n) is 7.85. The van der Waals surface area contributed by atoms with Crippen LogP contribution in [0.2, 0.25) is 0 Å². The van der Waals surface area contributed by atoms with E-state index in [1.165, 1.54) is 0 Å². The van der Waals surface area contributed by atoms with E-state index in [0.29, 0.717) is 25.7 Å². The minimum absolute atomic E-state index is 0. The molecule has 1 saturated heterocycles. The molecule has 0 bridgehead atoms. The zero-order valence-electron chi connectivity index (χ0n) is 14.9. The summed E-state index contributed by atoms with van der Waals surface area (Å²) >= 11 is 0. The number of rotatable bonds is 9. The van der Waals surface area contributed by atoms with Crippen molar-refractivity contribution < 1.29 is 17.9 Å². The maximum atomic E-state index is 11.3.